The molecule has 1 aromatic carbocycles. The van der Waals surface area contributed by atoms with E-state index in [0.29, 0.717) is 17.8 Å². The third-order valence-electron chi connectivity index (χ3n) is 2.67. The van der Waals surface area contributed by atoms with Crippen molar-refractivity contribution in [2.24, 2.45) is 0 Å². The summed E-state index contributed by atoms with van der Waals surface area (Å²) in [5.74, 6) is 1.18. The van der Waals surface area contributed by atoms with E-state index in [9.17, 15) is 0 Å². The molecule has 18 heavy (non-hydrogen) atoms. The van der Waals surface area contributed by atoms with E-state index in [4.69, 9.17) is 17.0 Å². The van der Waals surface area contributed by atoms with Crippen LogP contribution >= 0.6 is 12.2 Å². The topological polar surface area (TPSA) is 50.8 Å². The highest BCUT2D eigenvalue weighted by molar-refractivity contribution is 7.71. The standard InChI is InChI=1S/C13H15N3OS/c1-8(2)9-4-6-10(7-5-9)11-14-12(17-3)16-13(18)15-11/h4-8H,1-3H3,(H,14,15,16,18). The Bertz CT molecular complexity index is 590. The number of benzene rings is 1. The minimum absolute atomic E-state index is 0.272. The number of H-pyrrole nitrogens is 1. The van der Waals surface area contributed by atoms with Crippen molar-refractivity contribution in [3.63, 3.8) is 0 Å². The van der Waals surface area contributed by atoms with E-state index in [1.807, 2.05) is 12.1 Å². The van der Waals surface area contributed by atoms with Gasteiger partial charge in [0.2, 0.25) is 4.77 Å². The Labute approximate surface area is 111 Å². The fraction of sp³-hybridized carbons (Fsp3) is 0.308. The molecule has 0 atom stereocenters. The maximum atomic E-state index is 5.05. The monoisotopic (exact) mass is 261 g/mol. The van der Waals surface area contributed by atoms with Crippen LogP contribution in [0.5, 0.6) is 6.01 Å². The largest absolute Gasteiger partial charge is 0.468 e. The average molecular weight is 261 g/mol. The summed E-state index contributed by atoms with van der Waals surface area (Å²) < 4.78 is 5.32. The first-order valence-corrected chi connectivity index (χ1v) is 6.13. The lowest BCUT2D eigenvalue weighted by Crippen LogP contribution is -1.98. The summed E-state index contributed by atoms with van der Waals surface area (Å²) in [5, 5.41) is 0. The van der Waals surface area contributed by atoms with Crippen LogP contribution in [-0.4, -0.2) is 22.1 Å². The number of rotatable bonds is 3. The van der Waals surface area contributed by atoms with Gasteiger partial charge in [0, 0.05) is 5.56 Å². The molecule has 5 heteroatoms. The summed E-state index contributed by atoms with van der Waals surface area (Å²) in [5.41, 5.74) is 2.25. The third-order valence-corrected chi connectivity index (χ3v) is 2.86. The molecule has 0 saturated heterocycles. The normalized spacial score (nSPS) is 10.7. The van der Waals surface area contributed by atoms with Gasteiger partial charge in [0.1, 0.15) is 5.82 Å². The van der Waals surface area contributed by atoms with Crippen molar-refractivity contribution >= 4 is 12.2 Å². The van der Waals surface area contributed by atoms with Crippen LogP contribution in [0.3, 0.4) is 0 Å². The lowest BCUT2D eigenvalue weighted by Gasteiger charge is -2.07. The highest BCUT2D eigenvalue weighted by Gasteiger charge is 2.05. The molecule has 0 amide bonds. The minimum atomic E-state index is 0.272. The molecule has 0 aliphatic carbocycles. The minimum Gasteiger partial charge on any atom is -0.468 e. The molecule has 0 radical (unpaired) electrons. The lowest BCUT2D eigenvalue weighted by molar-refractivity contribution is 0.378. The Balaban J connectivity index is 2.42. The van der Waals surface area contributed by atoms with Crippen molar-refractivity contribution in [1.82, 2.24) is 15.0 Å². The molecular weight excluding hydrogens is 246 g/mol. The molecule has 0 saturated carbocycles. The van der Waals surface area contributed by atoms with Gasteiger partial charge in [0.15, 0.2) is 0 Å². The van der Waals surface area contributed by atoms with Crippen LogP contribution in [0.4, 0.5) is 0 Å². The summed E-state index contributed by atoms with van der Waals surface area (Å²) in [6, 6.07) is 8.58. The highest BCUT2D eigenvalue weighted by Crippen LogP contribution is 2.20. The molecule has 1 heterocycles. The molecule has 4 nitrogen and oxygen atoms in total. The maximum Gasteiger partial charge on any atom is 0.297 e. The van der Waals surface area contributed by atoms with E-state index in [1.54, 1.807) is 7.11 Å². The van der Waals surface area contributed by atoms with Crippen LogP contribution in [-0.2, 0) is 0 Å². The summed E-state index contributed by atoms with van der Waals surface area (Å²) in [6.07, 6.45) is 0. The van der Waals surface area contributed by atoms with Gasteiger partial charge in [-0.05, 0) is 23.7 Å². The van der Waals surface area contributed by atoms with Crippen molar-refractivity contribution < 1.29 is 4.74 Å². The fourth-order valence-corrected chi connectivity index (χ4v) is 1.80. The molecule has 0 fully saturated rings. The first-order valence-electron chi connectivity index (χ1n) is 5.73. The van der Waals surface area contributed by atoms with Gasteiger partial charge in [-0.3, -0.25) is 4.98 Å². The summed E-state index contributed by atoms with van der Waals surface area (Å²) in [4.78, 5) is 11.1. The van der Waals surface area contributed by atoms with Gasteiger partial charge >= 0.3 is 0 Å². The second kappa shape index (κ2) is 5.27. The van der Waals surface area contributed by atoms with Crippen molar-refractivity contribution in [3.8, 4) is 17.4 Å². The van der Waals surface area contributed by atoms with Gasteiger partial charge in [0.05, 0.1) is 7.11 Å². The SMILES string of the molecule is COc1nc(=S)nc(-c2ccc(C(C)C)cc2)[nH]1. The molecule has 0 aliphatic rings. The molecule has 0 bridgehead atoms. The van der Waals surface area contributed by atoms with E-state index in [-0.39, 0.29) is 4.77 Å². The van der Waals surface area contributed by atoms with E-state index in [0.717, 1.165) is 5.56 Å². The smallest absolute Gasteiger partial charge is 0.297 e. The highest BCUT2D eigenvalue weighted by atomic mass is 32.1. The third kappa shape index (κ3) is 2.73. The van der Waals surface area contributed by atoms with Gasteiger partial charge in [-0.2, -0.15) is 4.98 Å². The molecule has 0 unspecified atom stereocenters. The number of hydrogen-bond acceptors (Lipinski definition) is 4. The summed E-state index contributed by atoms with van der Waals surface area (Å²) in [7, 11) is 1.54. The van der Waals surface area contributed by atoms with Crippen LogP contribution in [0, 0.1) is 4.77 Å². The first kappa shape index (κ1) is 12.7. The number of methoxy groups -OCH3 is 1. The predicted octanol–water partition coefficient (Wildman–Crippen LogP) is 3.33. The number of aromatic nitrogens is 3. The summed E-state index contributed by atoms with van der Waals surface area (Å²) >= 11 is 5.00. The van der Waals surface area contributed by atoms with Crippen molar-refractivity contribution in [3.05, 3.63) is 34.6 Å². The van der Waals surface area contributed by atoms with Crippen LogP contribution in [0.15, 0.2) is 24.3 Å². The van der Waals surface area contributed by atoms with E-state index < -0.39 is 0 Å². The zero-order chi connectivity index (χ0) is 13.1. The Kier molecular flexibility index (Phi) is 3.72. The second-order valence-electron chi connectivity index (χ2n) is 4.27. The number of nitrogens with zero attached hydrogens (tertiary/aromatic N) is 2. The predicted molar refractivity (Wildman–Crippen MR) is 73.3 cm³/mol. The molecule has 94 valence electrons. The molecule has 1 aromatic heterocycles. The molecular formula is C13H15N3OS. The number of hydrogen-bond donors (Lipinski definition) is 1. The number of nitrogens with one attached hydrogen (secondary N) is 1. The zero-order valence-corrected chi connectivity index (χ0v) is 11.4. The maximum absolute atomic E-state index is 5.05. The van der Waals surface area contributed by atoms with E-state index >= 15 is 0 Å². The molecule has 0 aliphatic heterocycles. The Hall–Kier alpha value is -1.75. The molecule has 1 N–H and O–H groups in total. The van der Waals surface area contributed by atoms with Gasteiger partial charge in [-0.25, -0.2) is 4.98 Å². The fourth-order valence-electron chi connectivity index (χ4n) is 1.62. The molecule has 0 spiro atoms. The quantitative estimate of drug-likeness (QED) is 0.861. The van der Waals surface area contributed by atoms with Gasteiger partial charge < -0.3 is 4.74 Å². The Morgan fingerprint density at radius 2 is 1.83 bits per heavy atom. The van der Waals surface area contributed by atoms with Crippen LogP contribution < -0.4 is 4.74 Å². The van der Waals surface area contributed by atoms with Crippen molar-refractivity contribution in [2.45, 2.75) is 19.8 Å². The zero-order valence-electron chi connectivity index (χ0n) is 10.6. The van der Waals surface area contributed by atoms with Gasteiger partial charge in [0.25, 0.3) is 6.01 Å². The van der Waals surface area contributed by atoms with Gasteiger partial charge in [-0.1, -0.05) is 38.1 Å². The van der Waals surface area contributed by atoms with Crippen molar-refractivity contribution in [2.75, 3.05) is 7.11 Å². The molecule has 2 aromatic rings. The van der Waals surface area contributed by atoms with Crippen LogP contribution in [0.1, 0.15) is 25.3 Å². The van der Waals surface area contributed by atoms with Crippen molar-refractivity contribution in [1.29, 1.82) is 0 Å². The van der Waals surface area contributed by atoms with Gasteiger partial charge in [-0.15, -0.1) is 0 Å². The van der Waals surface area contributed by atoms with Crippen LogP contribution in [0.25, 0.3) is 11.4 Å². The van der Waals surface area contributed by atoms with Crippen LogP contribution in [0.2, 0.25) is 0 Å². The number of aromatic amines is 1. The Morgan fingerprint density at radius 3 is 2.39 bits per heavy atom. The average Bonchev–Trinajstić information content (AvgIpc) is 2.38. The van der Waals surface area contributed by atoms with E-state index in [1.165, 1.54) is 5.56 Å². The van der Waals surface area contributed by atoms with E-state index in [2.05, 4.69) is 40.9 Å². The Morgan fingerprint density at radius 1 is 1.17 bits per heavy atom. The summed E-state index contributed by atoms with van der Waals surface area (Å²) in [6.45, 7) is 4.33. The first-order chi connectivity index (χ1) is 8.60. The lowest BCUT2D eigenvalue weighted by atomic mass is 10.0. The molecule has 2 rings (SSSR count). The second-order valence-corrected chi connectivity index (χ2v) is 4.63. The number of ether oxygens (including phenoxy) is 1.